The molecule has 1 fully saturated rings. The lowest BCUT2D eigenvalue weighted by atomic mass is 10.1. The van der Waals surface area contributed by atoms with Gasteiger partial charge < -0.3 is 0 Å². The van der Waals surface area contributed by atoms with Crippen molar-refractivity contribution in [3.63, 3.8) is 0 Å². The van der Waals surface area contributed by atoms with Crippen LogP contribution in [0.15, 0.2) is 16.6 Å². The fourth-order valence-corrected chi connectivity index (χ4v) is 1.98. The second kappa shape index (κ2) is 3.67. The maximum absolute atomic E-state index is 10.9. The van der Waals surface area contributed by atoms with E-state index in [0.717, 1.165) is 5.01 Å². The number of carbonyl (C=O) groups excluding carboxylic acids is 2. The van der Waals surface area contributed by atoms with Crippen molar-refractivity contribution in [2.75, 3.05) is 0 Å². The number of amides is 2. The largest absolute Gasteiger partial charge is 0.316 e. The molecule has 0 atom stereocenters. The van der Waals surface area contributed by atoms with Crippen LogP contribution in [-0.2, 0) is 15.1 Å². The zero-order valence-electron chi connectivity index (χ0n) is 8.77. The molecule has 0 aromatic carbocycles. The third-order valence-corrected chi connectivity index (χ3v) is 3.10. The van der Waals surface area contributed by atoms with E-state index in [1.165, 1.54) is 11.3 Å². The summed E-state index contributed by atoms with van der Waals surface area (Å²) >= 11 is 1.47. The summed E-state index contributed by atoms with van der Waals surface area (Å²) in [5.74, 6) is -1.20. The van der Waals surface area contributed by atoms with E-state index in [-0.39, 0.29) is 5.96 Å². The van der Waals surface area contributed by atoms with Crippen LogP contribution in [0.2, 0.25) is 0 Å². The van der Waals surface area contributed by atoms with E-state index in [1.807, 2.05) is 19.2 Å². The zero-order valence-corrected chi connectivity index (χ0v) is 9.59. The first-order valence-electron chi connectivity index (χ1n) is 4.61. The summed E-state index contributed by atoms with van der Waals surface area (Å²) in [5, 5.41) is 7.36. The summed E-state index contributed by atoms with van der Waals surface area (Å²) < 4.78 is 0. The van der Waals surface area contributed by atoms with Crippen molar-refractivity contribution in [2.24, 2.45) is 4.99 Å². The number of carbonyl (C=O) groups is 2. The molecular formula is C9H10N4O2S. The highest BCUT2D eigenvalue weighted by Crippen LogP contribution is 2.26. The summed E-state index contributed by atoms with van der Waals surface area (Å²) in [5.41, 5.74) is -0.575. The van der Waals surface area contributed by atoms with E-state index >= 15 is 0 Å². The van der Waals surface area contributed by atoms with Crippen molar-refractivity contribution < 1.29 is 9.59 Å². The first-order chi connectivity index (χ1) is 7.49. The molecule has 6 nitrogen and oxygen atoms in total. The number of guanidine groups is 1. The Balaban J connectivity index is 2.24. The first-order valence-corrected chi connectivity index (χ1v) is 5.49. The number of nitrogens with one attached hydrogen (secondary N) is 2. The minimum Gasteiger partial charge on any atom is -0.288 e. The maximum Gasteiger partial charge on any atom is 0.316 e. The van der Waals surface area contributed by atoms with Gasteiger partial charge in [0.25, 0.3) is 0 Å². The van der Waals surface area contributed by atoms with Gasteiger partial charge in [0.1, 0.15) is 10.5 Å². The highest BCUT2D eigenvalue weighted by molar-refractivity contribution is 7.09. The Hall–Kier alpha value is -1.76. The third kappa shape index (κ3) is 1.94. The van der Waals surface area contributed by atoms with Gasteiger partial charge in [-0.3, -0.25) is 20.2 Å². The average molecular weight is 238 g/mol. The highest BCUT2D eigenvalue weighted by Gasteiger charge is 2.29. The second-order valence-electron chi connectivity index (χ2n) is 3.76. The van der Waals surface area contributed by atoms with Gasteiger partial charge in [-0.25, -0.2) is 9.98 Å². The Morgan fingerprint density at radius 2 is 1.94 bits per heavy atom. The molecule has 0 unspecified atom stereocenters. The Morgan fingerprint density at radius 1 is 1.31 bits per heavy atom. The van der Waals surface area contributed by atoms with Crippen LogP contribution >= 0.6 is 11.3 Å². The number of nitrogens with zero attached hydrogens (tertiary/aromatic N) is 2. The van der Waals surface area contributed by atoms with Crippen LogP contribution in [0.25, 0.3) is 0 Å². The summed E-state index contributed by atoms with van der Waals surface area (Å²) in [4.78, 5) is 30.3. The van der Waals surface area contributed by atoms with Crippen LogP contribution in [-0.4, -0.2) is 22.8 Å². The van der Waals surface area contributed by atoms with Gasteiger partial charge in [0, 0.05) is 11.6 Å². The maximum atomic E-state index is 10.9. The molecule has 1 aromatic rings. The van der Waals surface area contributed by atoms with E-state index in [2.05, 4.69) is 20.6 Å². The van der Waals surface area contributed by atoms with Crippen LogP contribution in [0.1, 0.15) is 18.9 Å². The molecule has 84 valence electrons. The molecule has 1 aliphatic rings. The van der Waals surface area contributed by atoms with Gasteiger partial charge >= 0.3 is 11.8 Å². The van der Waals surface area contributed by atoms with Crippen molar-refractivity contribution in [3.05, 3.63) is 16.6 Å². The lowest BCUT2D eigenvalue weighted by Crippen LogP contribution is -2.30. The van der Waals surface area contributed by atoms with Crippen molar-refractivity contribution >= 4 is 29.1 Å². The van der Waals surface area contributed by atoms with Crippen molar-refractivity contribution in [1.82, 2.24) is 15.6 Å². The quantitative estimate of drug-likeness (QED) is 0.710. The molecule has 0 saturated carbocycles. The Bertz CT molecular complexity index is 446. The van der Waals surface area contributed by atoms with E-state index in [4.69, 9.17) is 0 Å². The number of rotatable bonds is 2. The SMILES string of the molecule is CC(C)(N=C1NC(=O)C(=O)N1)c1nccs1. The van der Waals surface area contributed by atoms with Gasteiger partial charge in [-0.15, -0.1) is 11.3 Å². The molecule has 1 saturated heterocycles. The van der Waals surface area contributed by atoms with E-state index in [9.17, 15) is 9.59 Å². The van der Waals surface area contributed by atoms with Crippen LogP contribution in [0.5, 0.6) is 0 Å². The molecular weight excluding hydrogens is 228 g/mol. The zero-order chi connectivity index (χ0) is 11.8. The smallest absolute Gasteiger partial charge is 0.288 e. The predicted molar refractivity (Wildman–Crippen MR) is 58.9 cm³/mol. The Labute approximate surface area is 95.8 Å². The van der Waals surface area contributed by atoms with E-state index < -0.39 is 17.4 Å². The first kappa shape index (κ1) is 10.7. The number of thiazole rings is 1. The van der Waals surface area contributed by atoms with Gasteiger partial charge in [0.15, 0.2) is 0 Å². The molecule has 2 rings (SSSR count). The lowest BCUT2D eigenvalue weighted by Gasteiger charge is -2.16. The van der Waals surface area contributed by atoms with Crippen molar-refractivity contribution in [1.29, 1.82) is 0 Å². The molecule has 0 spiro atoms. The Morgan fingerprint density at radius 3 is 2.44 bits per heavy atom. The van der Waals surface area contributed by atoms with Crippen LogP contribution < -0.4 is 10.6 Å². The fourth-order valence-electron chi connectivity index (χ4n) is 1.27. The summed E-state index contributed by atoms with van der Waals surface area (Å²) in [7, 11) is 0. The van der Waals surface area contributed by atoms with Gasteiger partial charge in [0.2, 0.25) is 5.96 Å². The molecule has 2 heterocycles. The molecule has 0 aliphatic carbocycles. The number of aromatic nitrogens is 1. The molecule has 7 heteroatoms. The van der Waals surface area contributed by atoms with E-state index in [0.29, 0.717) is 0 Å². The second-order valence-corrected chi connectivity index (χ2v) is 4.66. The molecule has 2 amide bonds. The number of aliphatic imine (C=N–C) groups is 1. The van der Waals surface area contributed by atoms with Crippen molar-refractivity contribution in [2.45, 2.75) is 19.4 Å². The molecule has 1 aromatic heterocycles. The van der Waals surface area contributed by atoms with Gasteiger partial charge in [-0.2, -0.15) is 0 Å². The van der Waals surface area contributed by atoms with Crippen LogP contribution in [0.4, 0.5) is 0 Å². The van der Waals surface area contributed by atoms with Crippen LogP contribution in [0, 0.1) is 0 Å². The topological polar surface area (TPSA) is 83.5 Å². The third-order valence-electron chi connectivity index (χ3n) is 2.02. The summed E-state index contributed by atoms with van der Waals surface area (Å²) in [6.45, 7) is 3.71. The standard InChI is InChI=1S/C9H10N4O2S/c1-9(2,7-10-3-4-16-7)13-8-11-5(14)6(15)12-8/h3-4H,1-2H3,(H2,11,12,13,14,15). The number of hydrogen-bond acceptors (Lipinski definition) is 5. The van der Waals surface area contributed by atoms with Gasteiger partial charge in [-0.05, 0) is 13.8 Å². The highest BCUT2D eigenvalue weighted by atomic mass is 32.1. The Kier molecular flexibility index (Phi) is 2.47. The summed E-state index contributed by atoms with van der Waals surface area (Å²) in [6, 6.07) is 0. The van der Waals surface area contributed by atoms with Gasteiger partial charge in [-0.1, -0.05) is 0 Å². The average Bonchev–Trinajstić information content (AvgIpc) is 2.77. The molecule has 16 heavy (non-hydrogen) atoms. The van der Waals surface area contributed by atoms with E-state index in [1.54, 1.807) is 6.20 Å². The molecule has 1 aliphatic heterocycles. The minimum absolute atomic E-state index is 0.176. The summed E-state index contributed by atoms with van der Waals surface area (Å²) in [6.07, 6.45) is 1.69. The number of hydrogen-bond donors (Lipinski definition) is 2. The van der Waals surface area contributed by atoms with Crippen molar-refractivity contribution in [3.8, 4) is 0 Å². The predicted octanol–water partition coefficient (Wildman–Crippen LogP) is -0.0198. The van der Waals surface area contributed by atoms with Crippen LogP contribution in [0.3, 0.4) is 0 Å². The lowest BCUT2D eigenvalue weighted by molar-refractivity contribution is -0.135. The fraction of sp³-hybridized carbons (Fsp3) is 0.333. The molecule has 2 N–H and O–H groups in total. The normalized spacial score (nSPS) is 16.0. The molecule has 0 bridgehead atoms. The molecule has 0 radical (unpaired) electrons. The minimum atomic E-state index is -0.686. The van der Waals surface area contributed by atoms with Gasteiger partial charge in [0.05, 0.1) is 0 Å². The monoisotopic (exact) mass is 238 g/mol.